The van der Waals surface area contributed by atoms with Gasteiger partial charge >= 0.3 is 12.1 Å². The highest BCUT2D eigenvalue weighted by atomic mass is 16.6. The Kier molecular flexibility index (Phi) is 5.85. The van der Waals surface area contributed by atoms with Gasteiger partial charge in [-0.25, -0.2) is 9.59 Å². The minimum Gasteiger partial charge on any atom is -0.458 e. The first-order valence-corrected chi connectivity index (χ1v) is 4.32. The van der Waals surface area contributed by atoms with Crippen molar-refractivity contribution in [1.29, 1.82) is 0 Å². The van der Waals surface area contributed by atoms with Gasteiger partial charge in [-0.3, -0.25) is 0 Å². The first-order chi connectivity index (χ1) is 6.97. The minimum absolute atomic E-state index is 0.129. The number of carbonyl (C=O) groups excluding carboxylic acids is 2. The molecule has 0 heterocycles. The standard InChI is InChI=1S/C10H15NO4/c1-5-6-14-9(12)7-8(2)15-10(13)11(3)4/h5,7H,1,6H2,2-4H3/b8-7-. The monoisotopic (exact) mass is 213 g/mol. The molecule has 0 aromatic carbocycles. The van der Waals surface area contributed by atoms with Crippen LogP contribution in [-0.4, -0.2) is 37.7 Å². The molecule has 5 nitrogen and oxygen atoms in total. The Hall–Kier alpha value is -1.78. The van der Waals surface area contributed by atoms with Crippen molar-refractivity contribution in [2.75, 3.05) is 20.7 Å². The van der Waals surface area contributed by atoms with E-state index >= 15 is 0 Å². The molecule has 15 heavy (non-hydrogen) atoms. The second-order valence-electron chi connectivity index (χ2n) is 2.94. The predicted molar refractivity (Wildman–Crippen MR) is 55.1 cm³/mol. The Bertz CT molecular complexity index is 281. The van der Waals surface area contributed by atoms with Crippen LogP contribution >= 0.6 is 0 Å². The molecule has 0 aliphatic heterocycles. The van der Waals surface area contributed by atoms with Crippen molar-refractivity contribution in [2.24, 2.45) is 0 Å². The van der Waals surface area contributed by atoms with Crippen LogP contribution in [-0.2, 0) is 14.3 Å². The van der Waals surface area contributed by atoms with Crippen LogP contribution < -0.4 is 0 Å². The van der Waals surface area contributed by atoms with Crippen molar-refractivity contribution in [3.8, 4) is 0 Å². The molecule has 0 saturated carbocycles. The van der Waals surface area contributed by atoms with Crippen LogP contribution in [0.15, 0.2) is 24.5 Å². The fourth-order valence-corrected chi connectivity index (χ4v) is 0.607. The summed E-state index contributed by atoms with van der Waals surface area (Å²) in [6, 6.07) is 0. The van der Waals surface area contributed by atoms with Gasteiger partial charge in [-0.2, -0.15) is 0 Å². The van der Waals surface area contributed by atoms with Crippen molar-refractivity contribution >= 4 is 12.1 Å². The number of rotatable bonds is 4. The highest BCUT2D eigenvalue weighted by molar-refractivity contribution is 5.83. The third-order valence-electron chi connectivity index (χ3n) is 1.28. The first-order valence-electron chi connectivity index (χ1n) is 4.32. The zero-order valence-electron chi connectivity index (χ0n) is 9.15. The topological polar surface area (TPSA) is 55.8 Å². The summed E-state index contributed by atoms with van der Waals surface area (Å²) in [7, 11) is 3.09. The lowest BCUT2D eigenvalue weighted by Gasteiger charge is -2.10. The molecule has 0 radical (unpaired) electrons. The molecule has 84 valence electrons. The second kappa shape index (κ2) is 6.64. The first kappa shape index (κ1) is 13.2. The number of nitrogens with zero attached hydrogens (tertiary/aromatic N) is 1. The summed E-state index contributed by atoms with van der Waals surface area (Å²) in [6.07, 6.45) is 2.01. The van der Waals surface area contributed by atoms with Gasteiger partial charge in [-0.1, -0.05) is 12.7 Å². The molecule has 0 saturated heterocycles. The van der Waals surface area contributed by atoms with Crippen LogP contribution in [0.3, 0.4) is 0 Å². The molecular weight excluding hydrogens is 198 g/mol. The number of hydrogen-bond donors (Lipinski definition) is 0. The third-order valence-corrected chi connectivity index (χ3v) is 1.28. The Morgan fingerprint density at radius 2 is 2.00 bits per heavy atom. The molecule has 1 amide bonds. The van der Waals surface area contributed by atoms with Gasteiger partial charge in [0.1, 0.15) is 12.4 Å². The van der Waals surface area contributed by atoms with E-state index in [9.17, 15) is 9.59 Å². The van der Waals surface area contributed by atoms with E-state index in [1.54, 1.807) is 14.1 Å². The summed E-state index contributed by atoms with van der Waals surface area (Å²) in [4.78, 5) is 23.3. The van der Waals surface area contributed by atoms with Crippen LogP contribution in [0, 0.1) is 0 Å². The van der Waals surface area contributed by atoms with Crippen molar-refractivity contribution in [2.45, 2.75) is 6.92 Å². The fraction of sp³-hybridized carbons (Fsp3) is 0.400. The molecule has 0 aliphatic rings. The molecular formula is C10H15NO4. The number of amides is 1. The van der Waals surface area contributed by atoms with Crippen LogP contribution in [0.4, 0.5) is 4.79 Å². The number of ether oxygens (including phenoxy) is 2. The molecule has 0 aliphatic carbocycles. The summed E-state index contributed by atoms with van der Waals surface area (Å²) in [6.45, 7) is 5.02. The summed E-state index contributed by atoms with van der Waals surface area (Å²) in [5, 5.41) is 0. The Balaban J connectivity index is 4.13. The van der Waals surface area contributed by atoms with Crippen molar-refractivity contribution in [1.82, 2.24) is 4.90 Å². The zero-order chi connectivity index (χ0) is 11.8. The van der Waals surface area contributed by atoms with Crippen molar-refractivity contribution in [3.63, 3.8) is 0 Å². The average molecular weight is 213 g/mol. The fourth-order valence-electron chi connectivity index (χ4n) is 0.607. The van der Waals surface area contributed by atoms with E-state index in [-0.39, 0.29) is 12.4 Å². The van der Waals surface area contributed by atoms with E-state index < -0.39 is 12.1 Å². The molecule has 0 aromatic heterocycles. The van der Waals surface area contributed by atoms with Gasteiger partial charge in [0.2, 0.25) is 0 Å². The van der Waals surface area contributed by atoms with E-state index in [1.165, 1.54) is 17.9 Å². The second-order valence-corrected chi connectivity index (χ2v) is 2.94. The molecule has 5 heteroatoms. The molecule has 0 rings (SSSR count). The predicted octanol–water partition coefficient (Wildman–Crippen LogP) is 1.32. The SMILES string of the molecule is C=CCOC(=O)/C=C(/C)OC(=O)N(C)C. The van der Waals surface area contributed by atoms with Gasteiger partial charge in [-0.05, 0) is 6.92 Å². The molecule has 0 unspecified atom stereocenters. The van der Waals surface area contributed by atoms with Crippen LogP contribution in [0.25, 0.3) is 0 Å². The highest BCUT2D eigenvalue weighted by Gasteiger charge is 2.07. The normalized spacial score (nSPS) is 10.5. The molecule has 0 spiro atoms. The number of esters is 1. The summed E-state index contributed by atoms with van der Waals surface area (Å²) < 4.78 is 9.45. The van der Waals surface area contributed by atoms with Gasteiger partial charge in [-0.15, -0.1) is 0 Å². The average Bonchev–Trinajstić information content (AvgIpc) is 2.14. The smallest absolute Gasteiger partial charge is 0.414 e. The number of allylic oxidation sites excluding steroid dienone is 1. The van der Waals surface area contributed by atoms with E-state index in [0.717, 1.165) is 6.08 Å². The quantitative estimate of drug-likeness (QED) is 0.306. The Morgan fingerprint density at radius 3 is 2.47 bits per heavy atom. The van der Waals surface area contributed by atoms with E-state index in [1.807, 2.05) is 0 Å². The zero-order valence-corrected chi connectivity index (χ0v) is 9.15. The van der Waals surface area contributed by atoms with Crippen molar-refractivity contribution in [3.05, 3.63) is 24.5 Å². The molecule has 0 N–H and O–H groups in total. The minimum atomic E-state index is -0.570. The van der Waals surface area contributed by atoms with Crippen molar-refractivity contribution < 1.29 is 19.1 Å². The van der Waals surface area contributed by atoms with E-state index in [0.29, 0.717) is 0 Å². The molecule has 0 atom stereocenters. The van der Waals surface area contributed by atoms with Gasteiger partial charge in [0.05, 0.1) is 6.08 Å². The van der Waals surface area contributed by atoms with Gasteiger partial charge in [0.15, 0.2) is 0 Å². The molecule has 0 bridgehead atoms. The molecule has 0 fully saturated rings. The lowest BCUT2D eigenvalue weighted by Crippen LogP contribution is -2.22. The van der Waals surface area contributed by atoms with E-state index in [2.05, 4.69) is 11.3 Å². The Morgan fingerprint density at radius 1 is 1.40 bits per heavy atom. The Labute approximate surface area is 89.0 Å². The summed E-state index contributed by atoms with van der Waals surface area (Å²) in [5.41, 5.74) is 0. The largest absolute Gasteiger partial charge is 0.458 e. The number of hydrogen-bond acceptors (Lipinski definition) is 4. The lowest BCUT2D eigenvalue weighted by atomic mass is 10.5. The van der Waals surface area contributed by atoms with Crippen LogP contribution in [0.1, 0.15) is 6.92 Å². The summed E-state index contributed by atoms with van der Waals surface area (Å²) >= 11 is 0. The van der Waals surface area contributed by atoms with E-state index in [4.69, 9.17) is 4.74 Å². The third kappa shape index (κ3) is 6.31. The number of carbonyl (C=O) groups is 2. The van der Waals surface area contributed by atoms with Gasteiger partial charge in [0.25, 0.3) is 0 Å². The van der Waals surface area contributed by atoms with Gasteiger partial charge in [0, 0.05) is 14.1 Å². The maximum Gasteiger partial charge on any atom is 0.414 e. The van der Waals surface area contributed by atoms with Crippen LogP contribution in [0.2, 0.25) is 0 Å². The molecule has 0 aromatic rings. The highest BCUT2D eigenvalue weighted by Crippen LogP contribution is 1.99. The lowest BCUT2D eigenvalue weighted by molar-refractivity contribution is -0.136. The maximum atomic E-state index is 11.0. The van der Waals surface area contributed by atoms with Crippen LogP contribution in [0.5, 0.6) is 0 Å². The summed E-state index contributed by atoms with van der Waals surface area (Å²) in [5.74, 6) is -0.387. The maximum absolute atomic E-state index is 11.0. The van der Waals surface area contributed by atoms with Gasteiger partial charge < -0.3 is 14.4 Å².